The summed E-state index contributed by atoms with van der Waals surface area (Å²) < 4.78 is 5.36. The van der Waals surface area contributed by atoms with Gasteiger partial charge in [0.2, 0.25) is 0 Å². The second-order valence-electron chi connectivity index (χ2n) is 4.27. The van der Waals surface area contributed by atoms with E-state index in [4.69, 9.17) is 27.6 Å². The summed E-state index contributed by atoms with van der Waals surface area (Å²) in [6.07, 6.45) is 1.67. The summed E-state index contributed by atoms with van der Waals surface area (Å²) in [6, 6.07) is 9.70. The van der Waals surface area contributed by atoms with E-state index in [1.807, 2.05) is 31.2 Å². The van der Waals surface area contributed by atoms with Crippen molar-refractivity contribution in [3.63, 3.8) is 0 Å². The lowest BCUT2D eigenvalue weighted by Crippen LogP contribution is -2.22. The van der Waals surface area contributed by atoms with Gasteiger partial charge in [-0.25, -0.2) is 0 Å². The second kappa shape index (κ2) is 5.79. The predicted molar refractivity (Wildman–Crippen MR) is 75.1 cm³/mol. The summed E-state index contributed by atoms with van der Waals surface area (Å²) in [7, 11) is 0. The molecule has 4 heteroatoms. The molecule has 0 aliphatic carbocycles. The summed E-state index contributed by atoms with van der Waals surface area (Å²) in [5.41, 5.74) is 0.988. The zero-order valence-electron chi connectivity index (χ0n) is 10.3. The average molecular weight is 284 g/mol. The van der Waals surface area contributed by atoms with Gasteiger partial charge in [-0.05, 0) is 37.6 Å². The normalized spacial score (nSPS) is 14.4. The summed E-state index contributed by atoms with van der Waals surface area (Å²) in [5.74, 6) is 0.903. The molecule has 0 aliphatic heterocycles. The van der Waals surface area contributed by atoms with Crippen molar-refractivity contribution in [1.82, 2.24) is 5.32 Å². The molecule has 0 saturated heterocycles. The molecule has 0 fully saturated rings. The molecule has 0 aliphatic rings. The van der Waals surface area contributed by atoms with Gasteiger partial charge >= 0.3 is 0 Å². The van der Waals surface area contributed by atoms with Crippen LogP contribution in [0.15, 0.2) is 41.0 Å². The van der Waals surface area contributed by atoms with Crippen LogP contribution in [0.2, 0.25) is 10.0 Å². The molecule has 2 nitrogen and oxygen atoms in total. The van der Waals surface area contributed by atoms with E-state index < -0.39 is 0 Å². The Balaban J connectivity index is 2.12. The van der Waals surface area contributed by atoms with E-state index in [2.05, 4.69) is 12.2 Å². The molecule has 0 bridgehead atoms. The van der Waals surface area contributed by atoms with Crippen molar-refractivity contribution in [2.24, 2.45) is 0 Å². The van der Waals surface area contributed by atoms with Crippen molar-refractivity contribution in [2.45, 2.75) is 25.9 Å². The van der Waals surface area contributed by atoms with E-state index in [1.54, 1.807) is 12.3 Å². The molecule has 1 aromatic heterocycles. The molecule has 1 N–H and O–H groups in total. The molecule has 0 spiro atoms. The van der Waals surface area contributed by atoms with E-state index in [0.717, 1.165) is 11.3 Å². The van der Waals surface area contributed by atoms with Gasteiger partial charge in [0, 0.05) is 6.04 Å². The van der Waals surface area contributed by atoms with Gasteiger partial charge in [-0.15, -0.1) is 0 Å². The number of rotatable bonds is 4. The Morgan fingerprint density at radius 2 is 1.83 bits per heavy atom. The maximum absolute atomic E-state index is 6.20. The number of benzene rings is 1. The summed E-state index contributed by atoms with van der Waals surface area (Å²) in [6.45, 7) is 4.10. The minimum Gasteiger partial charge on any atom is -0.468 e. The van der Waals surface area contributed by atoms with E-state index in [9.17, 15) is 0 Å². The Hall–Kier alpha value is -0.960. The average Bonchev–Trinajstić information content (AvgIpc) is 2.86. The van der Waals surface area contributed by atoms with E-state index in [1.165, 1.54) is 0 Å². The molecular formula is C14H15Cl2NO. The molecule has 18 heavy (non-hydrogen) atoms. The van der Waals surface area contributed by atoms with Crippen molar-refractivity contribution >= 4 is 23.2 Å². The molecule has 2 atom stereocenters. The van der Waals surface area contributed by atoms with Gasteiger partial charge in [0.1, 0.15) is 5.76 Å². The van der Waals surface area contributed by atoms with Gasteiger partial charge in [0.15, 0.2) is 0 Å². The zero-order chi connectivity index (χ0) is 13.1. The fourth-order valence-corrected chi connectivity index (χ4v) is 2.41. The third-order valence-corrected chi connectivity index (χ3v) is 3.75. The first-order chi connectivity index (χ1) is 8.59. The van der Waals surface area contributed by atoms with Crippen molar-refractivity contribution in [1.29, 1.82) is 0 Å². The lowest BCUT2D eigenvalue weighted by molar-refractivity contribution is 0.403. The van der Waals surface area contributed by atoms with Crippen molar-refractivity contribution in [3.05, 3.63) is 58.0 Å². The van der Waals surface area contributed by atoms with Crippen LogP contribution < -0.4 is 5.32 Å². The van der Waals surface area contributed by atoms with Crippen LogP contribution in [0, 0.1) is 0 Å². The third-order valence-electron chi connectivity index (χ3n) is 2.92. The second-order valence-corrected chi connectivity index (χ2v) is 5.05. The third kappa shape index (κ3) is 2.89. The molecule has 1 aromatic carbocycles. The molecule has 0 amide bonds. The highest BCUT2D eigenvalue weighted by Gasteiger charge is 2.16. The standard InChI is InChI=1S/C14H15Cl2NO/c1-9(11-5-3-6-12(15)14(11)16)17-10(2)13-7-4-8-18-13/h3-10,17H,1-2H3/t9?,10-/m1/s1. The molecule has 2 rings (SSSR count). The molecule has 0 saturated carbocycles. The predicted octanol–water partition coefficient (Wildman–Crippen LogP) is 5.00. The van der Waals surface area contributed by atoms with Gasteiger partial charge in [0.25, 0.3) is 0 Å². The molecule has 0 radical (unpaired) electrons. The van der Waals surface area contributed by atoms with Gasteiger partial charge < -0.3 is 9.73 Å². The topological polar surface area (TPSA) is 25.2 Å². The molecule has 1 heterocycles. The SMILES string of the molecule is CC(N[C@H](C)c1ccco1)c1cccc(Cl)c1Cl. The van der Waals surface area contributed by atoms with Crippen LogP contribution in [-0.4, -0.2) is 0 Å². The Morgan fingerprint density at radius 1 is 1.06 bits per heavy atom. The molecule has 2 aromatic rings. The van der Waals surface area contributed by atoms with Gasteiger partial charge in [-0.3, -0.25) is 0 Å². The number of hydrogen-bond donors (Lipinski definition) is 1. The summed E-state index contributed by atoms with van der Waals surface area (Å²) >= 11 is 12.2. The van der Waals surface area contributed by atoms with Gasteiger partial charge in [-0.2, -0.15) is 0 Å². The van der Waals surface area contributed by atoms with Crippen LogP contribution in [0.25, 0.3) is 0 Å². The minimum atomic E-state index is 0.0938. The number of halogens is 2. The first-order valence-corrected chi connectivity index (χ1v) is 6.58. The van der Waals surface area contributed by atoms with Crippen LogP contribution in [-0.2, 0) is 0 Å². The smallest absolute Gasteiger partial charge is 0.120 e. The minimum absolute atomic E-state index is 0.0938. The highest BCUT2D eigenvalue weighted by molar-refractivity contribution is 6.42. The summed E-state index contributed by atoms with van der Waals surface area (Å²) in [4.78, 5) is 0. The Bertz CT molecular complexity index is 511. The Labute approximate surface area is 117 Å². The first-order valence-electron chi connectivity index (χ1n) is 5.83. The highest BCUT2D eigenvalue weighted by atomic mass is 35.5. The maximum Gasteiger partial charge on any atom is 0.120 e. The van der Waals surface area contributed by atoms with E-state index in [0.29, 0.717) is 10.0 Å². The lowest BCUT2D eigenvalue weighted by atomic mass is 10.1. The molecule has 96 valence electrons. The van der Waals surface area contributed by atoms with Crippen LogP contribution in [0.4, 0.5) is 0 Å². The first kappa shape index (κ1) is 13.5. The van der Waals surface area contributed by atoms with Crippen molar-refractivity contribution < 1.29 is 4.42 Å². The van der Waals surface area contributed by atoms with Crippen molar-refractivity contribution in [2.75, 3.05) is 0 Å². The fourth-order valence-electron chi connectivity index (χ4n) is 1.94. The van der Waals surface area contributed by atoms with Crippen LogP contribution >= 0.6 is 23.2 Å². The van der Waals surface area contributed by atoms with Crippen LogP contribution in [0.3, 0.4) is 0 Å². The number of nitrogens with one attached hydrogen (secondary N) is 1. The zero-order valence-corrected chi connectivity index (χ0v) is 11.8. The lowest BCUT2D eigenvalue weighted by Gasteiger charge is -2.20. The Morgan fingerprint density at radius 3 is 2.50 bits per heavy atom. The number of hydrogen-bond acceptors (Lipinski definition) is 2. The quantitative estimate of drug-likeness (QED) is 0.854. The number of furan rings is 1. The maximum atomic E-state index is 6.20. The van der Waals surface area contributed by atoms with Gasteiger partial charge in [-0.1, -0.05) is 35.3 Å². The highest BCUT2D eigenvalue weighted by Crippen LogP contribution is 2.30. The summed E-state index contributed by atoms with van der Waals surface area (Å²) in [5, 5.41) is 4.61. The van der Waals surface area contributed by atoms with Crippen LogP contribution in [0.1, 0.15) is 37.3 Å². The van der Waals surface area contributed by atoms with Crippen molar-refractivity contribution in [3.8, 4) is 0 Å². The largest absolute Gasteiger partial charge is 0.468 e. The monoisotopic (exact) mass is 283 g/mol. The van der Waals surface area contributed by atoms with Gasteiger partial charge in [0.05, 0.1) is 22.4 Å². The molecular weight excluding hydrogens is 269 g/mol. The molecule has 1 unspecified atom stereocenters. The van der Waals surface area contributed by atoms with E-state index in [-0.39, 0.29) is 12.1 Å². The fraction of sp³-hybridized carbons (Fsp3) is 0.286. The van der Waals surface area contributed by atoms with E-state index >= 15 is 0 Å². The Kier molecular flexibility index (Phi) is 4.33. The van der Waals surface area contributed by atoms with Crippen LogP contribution in [0.5, 0.6) is 0 Å².